The summed E-state index contributed by atoms with van der Waals surface area (Å²) in [6, 6.07) is 39.5. The Morgan fingerprint density at radius 1 is 0.605 bits per heavy atom. The van der Waals surface area contributed by atoms with Crippen LogP contribution in [-0.2, 0) is 6.61 Å². The van der Waals surface area contributed by atoms with E-state index in [-0.39, 0.29) is 0 Å². The summed E-state index contributed by atoms with van der Waals surface area (Å²) in [6.07, 6.45) is 5.68. The minimum Gasteiger partial charge on any atom is -0.487 e. The molecule has 3 heterocycles. The number of hydrogen-bond donors (Lipinski definition) is 0. The Bertz CT molecular complexity index is 1730. The van der Waals surface area contributed by atoms with Gasteiger partial charge in [-0.15, -0.1) is 0 Å². The van der Waals surface area contributed by atoms with E-state index in [1.165, 1.54) is 0 Å². The van der Waals surface area contributed by atoms with Crippen molar-refractivity contribution in [2.45, 2.75) is 6.61 Å². The van der Waals surface area contributed by atoms with Gasteiger partial charge >= 0.3 is 0 Å². The molecule has 1 aliphatic heterocycles. The van der Waals surface area contributed by atoms with Crippen LogP contribution in [0.5, 0.6) is 5.75 Å². The third-order valence-corrected chi connectivity index (χ3v) is 6.81. The molecular formula is C33H24N4O. The first-order valence-electron chi connectivity index (χ1n) is 12.6. The molecule has 0 radical (unpaired) electrons. The molecule has 0 fully saturated rings. The summed E-state index contributed by atoms with van der Waals surface area (Å²) in [5.41, 5.74) is 8.30. The second-order valence-electron chi connectivity index (χ2n) is 9.16. The molecule has 5 heteroatoms. The van der Waals surface area contributed by atoms with Gasteiger partial charge < -0.3 is 9.64 Å². The van der Waals surface area contributed by atoms with Crippen molar-refractivity contribution in [3.8, 4) is 34.1 Å². The van der Waals surface area contributed by atoms with Crippen molar-refractivity contribution in [1.82, 2.24) is 14.5 Å². The van der Waals surface area contributed by atoms with Crippen LogP contribution < -0.4 is 9.64 Å². The molecule has 4 aromatic carbocycles. The van der Waals surface area contributed by atoms with Crippen LogP contribution in [0.3, 0.4) is 0 Å². The van der Waals surface area contributed by atoms with Crippen molar-refractivity contribution < 1.29 is 4.74 Å². The molecule has 6 aromatic rings. The van der Waals surface area contributed by atoms with E-state index < -0.39 is 0 Å². The maximum atomic E-state index is 6.29. The quantitative estimate of drug-likeness (QED) is 0.250. The summed E-state index contributed by atoms with van der Waals surface area (Å²) in [5, 5.41) is 0. The minimum atomic E-state index is 0.482. The highest BCUT2D eigenvalue weighted by molar-refractivity contribution is 5.86. The molecule has 0 amide bonds. The predicted molar refractivity (Wildman–Crippen MR) is 151 cm³/mol. The molecule has 5 nitrogen and oxygen atoms in total. The largest absolute Gasteiger partial charge is 0.487 e. The molecule has 182 valence electrons. The van der Waals surface area contributed by atoms with Crippen molar-refractivity contribution in [2.24, 2.45) is 0 Å². The molecular weight excluding hydrogens is 468 g/mol. The first kappa shape index (κ1) is 22.1. The average Bonchev–Trinajstić information content (AvgIpc) is 3.42. The van der Waals surface area contributed by atoms with Crippen LogP contribution in [0.4, 0.5) is 17.1 Å². The van der Waals surface area contributed by atoms with Crippen molar-refractivity contribution in [1.29, 1.82) is 0 Å². The third-order valence-electron chi connectivity index (χ3n) is 6.81. The maximum Gasteiger partial charge on any atom is 0.144 e. The third kappa shape index (κ3) is 3.91. The molecule has 38 heavy (non-hydrogen) atoms. The maximum absolute atomic E-state index is 6.29. The number of imidazole rings is 1. The standard InChI is InChI=1S/C33H24N4O/c1-2-10-27(11-3-1)36-20-19-35-33(36)25-16-17-26-23-38-32-15-5-4-14-30(32)37(31(26)22-25)28-12-8-9-24(21-28)29-13-6-7-18-34-29/h1-22H,23H2. The zero-order chi connectivity index (χ0) is 25.3. The normalized spacial score (nSPS) is 12.3. The Labute approximate surface area is 221 Å². The number of benzene rings is 4. The molecule has 1 aliphatic rings. The van der Waals surface area contributed by atoms with Gasteiger partial charge in [0, 0.05) is 46.7 Å². The van der Waals surface area contributed by atoms with E-state index >= 15 is 0 Å². The van der Waals surface area contributed by atoms with Crippen molar-refractivity contribution in [3.63, 3.8) is 0 Å². The Hall–Kier alpha value is -5.16. The second kappa shape index (κ2) is 9.37. The van der Waals surface area contributed by atoms with E-state index in [0.29, 0.717) is 6.61 Å². The number of nitrogens with zero attached hydrogens (tertiary/aromatic N) is 4. The summed E-state index contributed by atoms with van der Waals surface area (Å²) in [5.74, 6) is 1.74. The highest BCUT2D eigenvalue weighted by atomic mass is 16.5. The van der Waals surface area contributed by atoms with Crippen molar-refractivity contribution in [3.05, 3.63) is 139 Å². The van der Waals surface area contributed by atoms with E-state index in [2.05, 4.69) is 81.2 Å². The molecule has 0 spiro atoms. The van der Waals surface area contributed by atoms with E-state index in [1.807, 2.05) is 67.1 Å². The number of para-hydroxylation sites is 3. The topological polar surface area (TPSA) is 43.2 Å². The van der Waals surface area contributed by atoms with Gasteiger partial charge in [-0.3, -0.25) is 9.55 Å². The number of fused-ring (bicyclic) bond motifs is 2. The van der Waals surface area contributed by atoms with Gasteiger partial charge in [0.15, 0.2) is 0 Å². The second-order valence-corrected chi connectivity index (χ2v) is 9.16. The highest BCUT2D eigenvalue weighted by Crippen LogP contribution is 2.46. The van der Waals surface area contributed by atoms with E-state index in [0.717, 1.165) is 56.7 Å². The smallest absolute Gasteiger partial charge is 0.144 e. The van der Waals surface area contributed by atoms with Crippen LogP contribution in [0.25, 0.3) is 28.3 Å². The lowest BCUT2D eigenvalue weighted by Gasteiger charge is -2.27. The van der Waals surface area contributed by atoms with Crippen LogP contribution in [0, 0.1) is 0 Å². The number of rotatable bonds is 4. The monoisotopic (exact) mass is 492 g/mol. The fourth-order valence-electron chi connectivity index (χ4n) is 5.01. The molecule has 0 atom stereocenters. The SMILES string of the molecule is c1ccc(-n2ccnc2-c2ccc3c(c2)N(c2cccc(-c4ccccn4)c2)c2ccccc2OC3)cc1. The molecule has 0 aliphatic carbocycles. The van der Waals surface area contributed by atoms with Gasteiger partial charge in [0.25, 0.3) is 0 Å². The van der Waals surface area contributed by atoms with Crippen LogP contribution in [0.15, 0.2) is 134 Å². The van der Waals surface area contributed by atoms with Gasteiger partial charge in [-0.1, -0.05) is 60.7 Å². The Balaban J connectivity index is 1.41. The van der Waals surface area contributed by atoms with Gasteiger partial charge in [0.1, 0.15) is 18.2 Å². The van der Waals surface area contributed by atoms with Crippen LogP contribution >= 0.6 is 0 Å². The Kier molecular flexibility index (Phi) is 5.44. The lowest BCUT2D eigenvalue weighted by atomic mass is 10.0. The van der Waals surface area contributed by atoms with E-state index in [1.54, 1.807) is 0 Å². The van der Waals surface area contributed by atoms with Crippen molar-refractivity contribution in [2.75, 3.05) is 4.90 Å². The number of anilines is 3. The van der Waals surface area contributed by atoms with Crippen molar-refractivity contribution >= 4 is 17.1 Å². The summed E-state index contributed by atoms with van der Waals surface area (Å²) < 4.78 is 8.41. The molecule has 0 saturated carbocycles. The van der Waals surface area contributed by atoms with Gasteiger partial charge in [-0.25, -0.2) is 4.98 Å². The Morgan fingerprint density at radius 2 is 1.45 bits per heavy atom. The number of pyridine rings is 1. The van der Waals surface area contributed by atoms with E-state index in [9.17, 15) is 0 Å². The van der Waals surface area contributed by atoms with Crippen LogP contribution in [-0.4, -0.2) is 14.5 Å². The molecule has 0 bridgehead atoms. The fraction of sp³-hybridized carbons (Fsp3) is 0.0303. The van der Waals surface area contributed by atoms with Crippen LogP contribution in [0.2, 0.25) is 0 Å². The number of ether oxygens (including phenoxy) is 1. The summed E-state index contributed by atoms with van der Waals surface area (Å²) in [6.45, 7) is 0.482. The highest BCUT2D eigenvalue weighted by Gasteiger charge is 2.24. The fourth-order valence-corrected chi connectivity index (χ4v) is 5.01. The van der Waals surface area contributed by atoms with Gasteiger partial charge in [-0.05, 0) is 54.6 Å². The molecule has 2 aromatic heterocycles. The lowest BCUT2D eigenvalue weighted by molar-refractivity contribution is 0.310. The summed E-state index contributed by atoms with van der Waals surface area (Å²) >= 11 is 0. The summed E-state index contributed by atoms with van der Waals surface area (Å²) in [7, 11) is 0. The lowest BCUT2D eigenvalue weighted by Crippen LogP contribution is -2.11. The van der Waals surface area contributed by atoms with Gasteiger partial charge in [-0.2, -0.15) is 0 Å². The van der Waals surface area contributed by atoms with E-state index in [4.69, 9.17) is 9.72 Å². The molecule has 7 rings (SSSR count). The molecule has 0 unspecified atom stereocenters. The zero-order valence-corrected chi connectivity index (χ0v) is 20.6. The molecule has 0 saturated heterocycles. The first-order valence-corrected chi connectivity index (χ1v) is 12.6. The number of aromatic nitrogens is 3. The number of hydrogen-bond acceptors (Lipinski definition) is 4. The van der Waals surface area contributed by atoms with Gasteiger partial charge in [0.2, 0.25) is 0 Å². The average molecular weight is 493 g/mol. The predicted octanol–water partition coefficient (Wildman–Crippen LogP) is 7.96. The summed E-state index contributed by atoms with van der Waals surface area (Å²) in [4.78, 5) is 11.6. The Morgan fingerprint density at radius 3 is 2.34 bits per heavy atom. The first-order chi connectivity index (χ1) is 18.8. The minimum absolute atomic E-state index is 0.482. The molecule has 0 N–H and O–H groups in total. The zero-order valence-electron chi connectivity index (χ0n) is 20.6. The van der Waals surface area contributed by atoms with Gasteiger partial charge in [0.05, 0.1) is 17.1 Å². The van der Waals surface area contributed by atoms with Crippen LogP contribution in [0.1, 0.15) is 5.56 Å².